The van der Waals surface area contributed by atoms with Gasteiger partial charge in [0.2, 0.25) is 12.1 Å². The molecular formula is C12H19N5O2. The summed E-state index contributed by atoms with van der Waals surface area (Å²) in [5, 5.41) is 14.3. The van der Waals surface area contributed by atoms with E-state index >= 15 is 0 Å². The van der Waals surface area contributed by atoms with Gasteiger partial charge < -0.3 is 20.3 Å². The zero-order valence-electron chi connectivity index (χ0n) is 11.1. The van der Waals surface area contributed by atoms with Gasteiger partial charge in [-0.2, -0.15) is 0 Å². The first kappa shape index (κ1) is 12.4. The van der Waals surface area contributed by atoms with E-state index in [-0.39, 0.29) is 5.82 Å². The maximum absolute atomic E-state index is 10.9. The summed E-state index contributed by atoms with van der Waals surface area (Å²) in [7, 11) is 1.78. The number of hydrogen-bond donors (Lipinski definition) is 1. The molecule has 2 unspecified atom stereocenters. The molecule has 2 saturated heterocycles. The molecular weight excluding hydrogens is 246 g/mol. The SMILES string of the molecule is Cn1cnc([N+](=O)[O-])c1NC1CCN2CCCC2C1. The molecule has 19 heavy (non-hydrogen) atoms. The van der Waals surface area contributed by atoms with E-state index in [1.165, 1.54) is 25.7 Å². The first-order valence-electron chi connectivity index (χ1n) is 6.81. The third kappa shape index (κ3) is 2.30. The number of imidazole rings is 1. The summed E-state index contributed by atoms with van der Waals surface area (Å²) in [6.07, 6.45) is 6.14. The van der Waals surface area contributed by atoms with Crippen LogP contribution < -0.4 is 5.32 Å². The Labute approximate surface area is 111 Å². The highest BCUT2D eigenvalue weighted by Gasteiger charge is 2.33. The van der Waals surface area contributed by atoms with Crippen LogP contribution in [0.1, 0.15) is 25.7 Å². The number of anilines is 1. The minimum atomic E-state index is -0.424. The van der Waals surface area contributed by atoms with Crippen LogP contribution in [0.3, 0.4) is 0 Å². The molecule has 104 valence electrons. The van der Waals surface area contributed by atoms with E-state index < -0.39 is 4.92 Å². The van der Waals surface area contributed by atoms with Crippen molar-refractivity contribution < 1.29 is 4.92 Å². The van der Waals surface area contributed by atoms with Crippen molar-refractivity contribution in [2.45, 2.75) is 37.8 Å². The van der Waals surface area contributed by atoms with E-state index in [4.69, 9.17) is 0 Å². The van der Waals surface area contributed by atoms with Gasteiger partial charge in [0, 0.05) is 25.7 Å². The van der Waals surface area contributed by atoms with Crippen LogP contribution in [0.5, 0.6) is 0 Å². The van der Waals surface area contributed by atoms with Crippen LogP contribution in [0.15, 0.2) is 6.33 Å². The maximum atomic E-state index is 10.9. The standard InChI is InChI=1S/C12H19N5O2/c1-15-8-13-11(17(18)19)12(15)14-9-4-6-16-5-2-3-10(16)7-9/h8-10,14H,2-7H2,1H3. The topological polar surface area (TPSA) is 76.2 Å². The van der Waals surface area contributed by atoms with Crippen molar-refractivity contribution in [3.8, 4) is 0 Å². The molecule has 1 N–H and O–H groups in total. The summed E-state index contributed by atoms with van der Waals surface area (Å²) in [6.45, 7) is 2.30. The Bertz CT molecular complexity index is 486. The number of nitrogens with one attached hydrogen (secondary N) is 1. The van der Waals surface area contributed by atoms with Crippen molar-refractivity contribution >= 4 is 11.6 Å². The van der Waals surface area contributed by atoms with Gasteiger partial charge in [-0.25, -0.2) is 0 Å². The van der Waals surface area contributed by atoms with Crippen molar-refractivity contribution in [3.05, 3.63) is 16.4 Å². The molecule has 2 aliphatic heterocycles. The summed E-state index contributed by atoms with van der Waals surface area (Å²) >= 11 is 0. The number of rotatable bonds is 3. The molecule has 7 heteroatoms. The maximum Gasteiger partial charge on any atom is 0.406 e. The molecule has 0 saturated carbocycles. The second-order valence-corrected chi connectivity index (χ2v) is 5.48. The third-order valence-corrected chi connectivity index (χ3v) is 4.25. The Morgan fingerprint density at radius 2 is 2.32 bits per heavy atom. The lowest BCUT2D eigenvalue weighted by molar-refractivity contribution is -0.388. The zero-order valence-corrected chi connectivity index (χ0v) is 11.1. The van der Waals surface area contributed by atoms with Gasteiger partial charge in [0.15, 0.2) is 0 Å². The van der Waals surface area contributed by atoms with Gasteiger partial charge in [-0.05, 0) is 42.1 Å². The lowest BCUT2D eigenvalue weighted by Crippen LogP contribution is -2.43. The summed E-state index contributed by atoms with van der Waals surface area (Å²) in [5.74, 6) is 0.456. The Kier molecular flexibility index (Phi) is 3.14. The number of piperidine rings is 1. The lowest BCUT2D eigenvalue weighted by atomic mass is 9.97. The van der Waals surface area contributed by atoms with Gasteiger partial charge in [-0.3, -0.25) is 4.57 Å². The largest absolute Gasteiger partial charge is 0.406 e. The van der Waals surface area contributed by atoms with Crippen LogP contribution in [0.4, 0.5) is 11.6 Å². The van der Waals surface area contributed by atoms with Gasteiger partial charge >= 0.3 is 5.82 Å². The Hall–Kier alpha value is -1.63. The molecule has 2 atom stereocenters. The van der Waals surface area contributed by atoms with E-state index in [0.29, 0.717) is 17.9 Å². The molecule has 0 spiro atoms. The minimum absolute atomic E-state index is 0.0728. The Morgan fingerprint density at radius 3 is 3.11 bits per heavy atom. The van der Waals surface area contributed by atoms with Crippen LogP contribution >= 0.6 is 0 Å². The van der Waals surface area contributed by atoms with Gasteiger partial charge in [0.25, 0.3) is 0 Å². The fourth-order valence-electron chi connectivity index (χ4n) is 3.27. The van der Waals surface area contributed by atoms with Crippen LogP contribution in [0, 0.1) is 10.1 Å². The molecule has 7 nitrogen and oxygen atoms in total. The second-order valence-electron chi connectivity index (χ2n) is 5.48. The van der Waals surface area contributed by atoms with Crippen LogP contribution in [0.25, 0.3) is 0 Å². The first-order chi connectivity index (χ1) is 9.15. The predicted octanol–water partition coefficient (Wildman–Crippen LogP) is 1.37. The second kappa shape index (κ2) is 4.80. The predicted molar refractivity (Wildman–Crippen MR) is 71.1 cm³/mol. The smallest absolute Gasteiger partial charge is 0.361 e. The Balaban J connectivity index is 1.71. The number of nitro groups is 1. The van der Waals surface area contributed by atoms with Crippen molar-refractivity contribution in [2.24, 2.45) is 7.05 Å². The fraction of sp³-hybridized carbons (Fsp3) is 0.750. The molecule has 3 heterocycles. The monoisotopic (exact) mass is 265 g/mol. The van der Waals surface area contributed by atoms with E-state index in [0.717, 1.165) is 19.4 Å². The van der Waals surface area contributed by atoms with Crippen LogP contribution in [-0.4, -0.2) is 44.5 Å². The molecule has 0 aliphatic carbocycles. The highest BCUT2D eigenvalue weighted by atomic mass is 16.6. The molecule has 2 aliphatic rings. The van der Waals surface area contributed by atoms with E-state index in [1.54, 1.807) is 11.6 Å². The number of fused-ring (bicyclic) bond motifs is 1. The molecule has 0 bridgehead atoms. The molecule has 1 aromatic rings. The highest BCUT2D eigenvalue weighted by molar-refractivity contribution is 5.52. The first-order valence-corrected chi connectivity index (χ1v) is 6.81. The minimum Gasteiger partial charge on any atom is -0.361 e. The molecule has 0 amide bonds. The molecule has 2 fully saturated rings. The van der Waals surface area contributed by atoms with E-state index in [9.17, 15) is 10.1 Å². The number of aryl methyl sites for hydroxylation is 1. The van der Waals surface area contributed by atoms with Gasteiger partial charge in [-0.15, -0.1) is 0 Å². The average Bonchev–Trinajstić information content (AvgIpc) is 2.97. The molecule has 0 radical (unpaired) electrons. The van der Waals surface area contributed by atoms with Crippen molar-refractivity contribution in [2.75, 3.05) is 18.4 Å². The summed E-state index contributed by atoms with van der Waals surface area (Å²) in [5.41, 5.74) is 0. The lowest BCUT2D eigenvalue weighted by Gasteiger charge is -2.35. The quantitative estimate of drug-likeness (QED) is 0.659. The average molecular weight is 265 g/mol. The molecule has 1 aromatic heterocycles. The number of nitrogens with zero attached hydrogens (tertiary/aromatic N) is 4. The number of aromatic nitrogens is 2. The van der Waals surface area contributed by atoms with E-state index in [1.807, 2.05) is 0 Å². The van der Waals surface area contributed by atoms with Gasteiger partial charge in [0.05, 0.1) is 0 Å². The van der Waals surface area contributed by atoms with Gasteiger partial charge in [-0.1, -0.05) is 0 Å². The third-order valence-electron chi connectivity index (χ3n) is 4.25. The Morgan fingerprint density at radius 1 is 1.47 bits per heavy atom. The molecule has 3 rings (SSSR count). The summed E-state index contributed by atoms with van der Waals surface area (Å²) in [6, 6.07) is 0.965. The highest BCUT2D eigenvalue weighted by Crippen LogP contribution is 2.30. The van der Waals surface area contributed by atoms with Crippen molar-refractivity contribution in [3.63, 3.8) is 0 Å². The zero-order chi connectivity index (χ0) is 13.4. The molecule has 0 aromatic carbocycles. The van der Waals surface area contributed by atoms with Crippen LogP contribution in [-0.2, 0) is 7.05 Å². The fourth-order valence-corrected chi connectivity index (χ4v) is 3.27. The van der Waals surface area contributed by atoms with Gasteiger partial charge in [0.1, 0.15) is 0 Å². The summed E-state index contributed by atoms with van der Waals surface area (Å²) in [4.78, 5) is 16.9. The van der Waals surface area contributed by atoms with Crippen molar-refractivity contribution in [1.29, 1.82) is 0 Å². The van der Waals surface area contributed by atoms with E-state index in [2.05, 4.69) is 15.2 Å². The van der Waals surface area contributed by atoms with Crippen LogP contribution in [0.2, 0.25) is 0 Å². The number of hydrogen-bond acceptors (Lipinski definition) is 5. The van der Waals surface area contributed by atoms with Crippen molar-refractivity contribution in [1.82, 2.24) is 14.5 Å². The summed E-state index contributed by atoms with van der Waals surface area (Å²) < 4.78 is 1.69. The normalized spacial score (nSPS) is 27.2.